The van der Waals surface area contributed by atoms with Gasteiger partial charge < -0.3 is 0 Å². The molecule has 0 amide bonds. The van der Waals surface area contributed by atoms with E-state index in [1.54, 1.807) is 0 Å². The molecule has 0 saturated carbocycles. The number of H-pyrrole nitrogens is 1. The van der Waals surface area contributed by atoms with Gasteiger partial charge >= 0.3 is 0 Å². The molecule has 106 valence electrons. The molecular formula is C17H17N3S. The number of aromatic nitrogens is 3. The fourth-order valence-corrected chi connectivity index (χ4v) is 2.63. The van der Waals surface area contributed by atoms with E-state index in [1.807, 2.05) is 10.6 Å². The predicted molar refractivity (Wildman–Crippen MR) is 88.4 cm³/mol. The van der Waals surface area contributed by atoms with Gasteiger partial charge in [-0.1, -0.05) is 42.0 Å². The standard InChI is InChI=1S/C17H17N3S/c1-11-7-9-14(10-8-11)16-18-19-17(21)20(16)15-6-4-5-12(2)13(15)3/h4-10H,1-3H3,(H,19,21). The second kappa shape index (κ2) is 5.30. The molecular weight excluding hydrogens is 278 g/mol. The van der Waals surface area contributed by atoms with Crippen molar-refractivity contribution < 1.29 is 0 Å². The molecule has 3 rings (SSSR count). The van der Waals surface area contributed by atoms with Crippen LogP contribution in [-0.4, -0.2) is 14.8 Å². The van der Waals surface area contributed by atoms with Crippen LogP contribution in [0.5, 0.6) is 0 Å². The number of hydrogen-bond donors (Lipinski definition) is 1. The summed E-state index contributed by atoms with van der Waals surface area (Å²) >= 11 is 5.43. The van der Waals surface area contributed by atoms with E-state index in [0.29, 0.717) is 4.77 Å². The van der Waals surface area contributed by atoms with E-state index in [4.69, 9.17) is 12.2 Å². The van der Waals surface area contributed by atoms with Gasteiger partial charge in [0.15, 0.2) is 10.6 Å². The number of nitrogens with one attached hydrogen (secondary N) is 1. The molecule has 1 N–H and O–H groups in total. The summed E-state index contributed by atoms with van der Waals surface area (Å²) in [4.78, 5) is 0. The molecule has 0 saturated heterocycles. The molecule has 1 heterocycles. The Morgan fingerprint density at radius 3 is 2.43 bits per heavy atom. The smallest absolute Gasteiger partial charge is 0.200 e. The van der Waals surface area contributed by atoms with Gasteiger partial charge in [-0.05, 0) is 50.2 Å². The Labute approximate surface area is 129 Å². The first-order chi connectivity index (χ1) is 10.1. The molecule has 3 nitrogen and oxygen atoms in total. The summed E-state index contributed by atoms with van der Waals surface area (Å²) in [5.41, 5.74) is 5.80. The van der Waals surface area contributed by atoms with E-state index in [2.05, 4.69) is 67.4 Å². The summed E-state index contributed by atoms with van der Waals surface area (Å²) in [6.45, 7) is 6.29. The average Bonchev–Trinajstić information content (AvgIpc) is 2.85. The van der Waals surface area contributed by atoms with Crippen LogP contribution in [0.1, 0.15) is 16.7 Å². The van der Waals surface area contributed by atoms with Gasteiger partial charge in [0.2, 0.25) is 0 Å². The number of rotatable bonds is 2. The first kappa shape index (κ1) is 13.8. The van der Waals surface area contributed by atoms with Crippen LogP contribution >= 0.6 is 12.2 Å². The third-order valence-electron chi connectivity index (χ3n) is 3.80. The Hall–Kier alpha value is -2.20. The molecule has 0 atom stereocenters. The van der Waals surface area contributed by atoms with Crippen LogP contribution in [0.4, 0.5) is 0 Å². The van der Waals surface area contributed by atoms with Crippen LogP contribution in [-0.2, 0) is 0 Å². The molecule has 0 aliphatic rings. The minimum atomic E-state index is 0.610. The minimum absolute atomic E-state index is 0.610. The number of benzene rings is 2. The molecule has 2 aromatic carbocycles. The maximum atomic E-state index is 5.43. The van der Waals surface area contributed by atoms with Crippen LogP contribution in [0.3, 0.4) is 0 Å². The third-order valence-corrected chi connectivity index (χ3v) is 4.07. The normalized spacial score (nSPS) is 10.8. The summed E-state index contributed by atoms with van der Waals surface area (Å²) in [7, 11) is 0. The second-order valence-electron chi connectivity index (χ2n) is 5.27. The zero-order valence-electron chi connectivity index (χ0n) is 12.3. The van der Waals surface area contributed by atoms with Crippen molar-refractivity contribution in [3.05, 3.63) is 63.9 Å². The van der Waals surface area contributed by atoms with Crippen molar-refractivity contribution in [3.63, 3.8) is 0 Å². The Bertz CT molecular complexity index is 841. The lowest BCUT2D eigenvalue weighted by molar-refractivity contribution is 1.02. The third kappa shape index (κ3) is 2.43. The molecule has 0 fully saturated rings. The molecule has 0 spiro atoms. The molecule has 4 heteroatoms. The highest BCUT2D eigenvalue weighted by atomic mass is 32.1. The fraction of sp³-hybridized carbons (Fsp3) is 0.176. The van der Waals surface area contributed by atoms with Crippen molar-refractivity contribution in [2.24, 2.45) is 0 Å². The summed E-state index contributed by atoms with van der Waals surface area (Å²) in [6.07, 6.45) is 0. The SMILES string of the molecule is Cc1ccc(-c2n[nH]c(=S)n2-c2cccc(C)c2C)cc1. The van der Waals surface area contributed by atoms with Gasteiger partial charge in [-0.15, -0.1) is 0 Å². The first-order valence-corrected chi connectivity index (χ1v) is 7.30. The quantitative estimate of drug-likeness (QED) is 0.705. The Morgan fingerprint density at radius 2 is 1.71 bits per heavy atom. The number of aryl methyl sites for hydroxylation is 2. The van der Waals surface area contributed by atoms with Crippen LogP contribution in [0.2, 0.25) is 0 Å². The second-order valence-corrected chi connectivity index (χ2v) is 5.66. The summed E-state index contributed by atoms with van der Waals surface area (Å²) in [5.74, 6) is 0.841. The topological polar surface area (TPSA) is 33.6 Å². The highest BCUT2D eigenvalue weighted by molar-refractivity contribution is 7.71. The lowest BCUT2D eigenvalue weighted by atomic mass is 10.1. The molecule has 0 aliphatic carbocycles. The maximum absolute atomic E-state index is 5.43. The maximum Gasteiger partial charge on any atom is 0.200 e. The van der Waals surface area contributed by atoms with Crippen molar-refractivity contribution in [2.75, 3.05) is 0 Å². The van der Waals surface area contributed by atoms with Crippen LogP contribution in [0.25, 0.3) is 17.1 Å². The number of nitrogens with zero attached hydrogens (tertiary/aromatic N) is 2. The van der Waals surface area contributed by atoms with Gasteiger partial charge in [0.25, 0.3) is 0 Å². The summed E-state index contributed by atoms with van der Waals surface area (Å²) < 4.78 is 2.61. The van der Waals surface area contributed by atoms with Crippen molar-refractivity contribution in [1.29, 1.82) is 0 Å². The monoisotopic (exact) mass is 295 g/mol. The van der Waals surface area contributed by atoms with Gasteiger partial charge in [0, 0.05) is 5.56 Å². The highest BCUT2D eigenvalue weighted by Gasteiger charge is 2.12. The molecule has 1 aromatic heterocycles. The van der Waals surface area contributed by atoms with Gasteiger partial charge in [-0.2, -0.15) is 5.10 Å². The van der Waals surface area contributed by atoms with E-state index in [-0.39, 0.29) is 0 Å². The molecule has 21 heavy (non-hydrogen) atoms. The Morgan fingerprint density at radius 1 is 1.00 bits per heavy atom. The van der Waals surface area contributed by atoms with Crippen LogP contribution in [0.15, 0.2) is 42.5 Å². The Balaban J connectivity index is 2.25. The number of aromatic amines is 1. The average molecular weight is 295 g/mol. The summed E-state index contributed by atoms with van der Waals surface area (Å²) in [6, 6.07) is 14.5. The zero-order chi connectivity index (χ0) is 15.0. The molecule has 0 bridgehead atoms. The van der Waals surface area contributed by atoms with E-state index in [9.17, 15) is 0 Å². The van der Waals surface area contributed by atoms with E-state index in [1.165, 1.54) is 16.7 Å². The zero-order valence-corrected chi connectivity index (χ0v) is 13.2. The molecule has 0 radical (unpaired) electrons. The highest BCUT2D eigenvalue weighted by Crippen LogP contribution is 2.25. The largest absolute Gasteiger partial charge is 0.268 e. The van der Waals surface area contributed by atoms with Crippen molar-refractivity contribution >= 4 is 12.2 Å². The van der Waals surface area contributed by atoms with E-state index < -0.39 is 0 Å². The van der Waals surface area contributed by atoms with Crippen molar-refractivity contribution in [2.45, 2.75) is 20.8 Å². The van der Waals surface area contributed by atoms with Crippen molar-refractivity contribution in [3.8, 4) is 17.1 Å². The van der Waals surface area contributed by atoms with Crippen LogP contribution < -0.4 is 0 Å². The van der Waals surface area contributed by atoms with E-state index in [0.717, 1.165) is 17.1 Å². The van der Waals surface area contributed by atoms with Gasteiger partial charge in [0.1, 0.15) is 0 Å². The predicted octanol–water partition coefficient (Wildman–Crippen LogP) is 4.52. The van der Waals surface area contributed by atoms with Gasteiger partial charge in [-0.3, -0.25) is 9.67 Å². The number of hydrogen-bond acceptors (Lipinski definition) is 2. The Kier molecular flexibility index (Phi) is 3.47. The molecule has 0 aliphatic heterocycles. The van der Waals surface area contributed by atoms with Gasteiger partial charge in [-0.25, -0.2) is 0 Å². The van der Waals surface area contributed by atoms with Crippen molar-refractivity contribution in [1.82, 2.24) is 14.8 Å². The molecule has 0 unspecified atom stereocenters. The minimum Gasteiger partial charge on any atom is -0.268 e. The van der Waals surface area contributed by atoms with E-state index >= 15 is 0 Å². The van der Waals surface area contributed by atoms with Crippen LogP contribution in [0, 0.1) is 25.5 Å². The lowest BCUT2D eigenvalue weighted by Gasteiger charge is -2.12. The fourth-order valence-electron chi connectivity index (χ4n) is 2.39. The lowest BCUT2D eigenvalue weighted by Crippen LogP contribution is -2.01. The first-order valence-electron chi connectivity index (χ1n) is 6.89. The van der Waals surface area contributed by atoms with Gasteiger partial charge in [0.05, 0.1) is 5.69 Å². The summed E-state index contributed by atoms with van der Waals surface area (Å²) in [5, 5.41) is 7.32. The molecule has 3 aromatic rings.